The first-order valence-corrected chi connectivity index (χ1v) is 19.4. The normalized spacial score (nSPS) is 20.5. The zero-order valence-corrected chi connectivity index (χ0v) is 27.1. The Morgan fingerprint density at radius 2 is 1.52 bits per heavy atom. The van der Waals surface area contributed by atoms with Crippen molar-refractivity contribution in [3.63, 3.8) is 0 Å². The lowest BCUT2D eigenvalue weighted by Gasteiger charge is -2.48. The summed E-state index contributed by atoms with van der Waals surface area (Å²) in [6.07, 6.45) is -0.398. The number of rotatable bonds is 11. The molecule has 0 aromatic heterocycles. The molecule has 0 spiro atoms. The Morgan fingerprint density at radius 3 is 2.02 bits per heavy atom. The maximum Gasteiger partial charge on any atom is 0.358 e. The number of hydrogen-bond donors (Lipinski definition) is 0. The van der Waals surface area contributed by atoms with Crippen LogP contribution in [0.5, 0.6) is 0 Å². The Kier molecular flexibility index (Phi) is 8.66. The van der Waals surface area contributed by atoms with Crippen LogP contribution in [0.2, 0.25) is 19.6 Å². The minimum atomic E-state index is -3.79. The summed E-state index contributed by atoms with van der Waals surface area (Å²) in [4.78, 5) is 39.4. The Hall–Kier alpha value is -4.05. The first kappa shape index (κ1) is 31.4. The van der Waals surface area contributed by atoms with Crippen molar-refractivity contribution in [1.82, 2.24) is 4.90 Å². The number of benzene rings is 3. The fourth-order valence-corrected chi connectivity index (χ4v) is 9.25. The molecule has 0 bridgehead atoms. The van der Waals surface area contributed by atoms with Gasteiger partial charge in [-0.2, -0.15) is 0 Å². The van der Waals surface area contributed by atoms with Gasteiger partial charge >= 0.3 is 13.3 Å². The second kappa shape index (κ2) is 12.1. The van der Waals surface area contributed by atoms with Gasteiger partial charge in [-0.3, -0.25) is 24.4 Å². The highest BCUT2D eigenvalue weighted by Crippen LogP contribution is 2.55. The Balaban J connectivity index is 1.53. The smallest absolute Gasteiger partial charge is 0.358 e. The third-order valence-corrected chi connectivity index (χ3v) is 11.3. The van der Waals surface area contributed by atoms with Crippen LogP contribution in [0, 0.1) is 22.0 Å². The molecule has 1 amide bonds. The molecule has 2 heterocycles. The number of esters is 1. The molecular weight excluding hydrogens is 599 g/mol. The molecule has 0 N–H and O–H groups in total. The highest BCUT2D eigenvalue weighted by Gasteiger charge is 2.62. The lowest BCUT2D eigenvalue weighted by molar-refractivity contribution is -0.384. The maximum absolute atomic E-state index is 14.9. The van der Waals surface area contributed by atoms with Gasteiger partial charge in [-0.25, -0.2) is 4.79 Å². The minimum absolute atomic E-state index is 0.0852. The van der Waals surface area contributed by atoms with Gasteiger partial charge in [-0.1, -0.05) is 43.3 Å². The molecule has 12 heteroatoms. The van der Waals surface area contributed by atoms with Gasteiger partial charge < -0.3 is 13.7 Å². The monoisotopic (exact) mass is 634 g/mol. The third kappa shape index (κ3) is 6.00. The van der Waals surface area contributed by atoms with E-state index in [4.69, 9.17) is 13.7 Å². The van der Waals surface area contributed by atoms with Crippen molar-refractivity contribution in [2.45, 2.75) is 52.2 Å². The van der Waals surface area contributed by atoms with Crippen LogP contribution < -0.4 is 10.6 Å². The Labute approximate surface area is 257 Å². The van der Waals surface area contributed by atoms with E-state index >= 15 is 0 Å². The summed E-state index contributed by atoms with van der Waals surface area (Å²) in [7, 11) is -5.79. The van der Waals surface area contributed by atoms with Gasteiger partial charge in [0.2, 0.25) is 5.91 Å². The van der Waals surface area contributed by atoms with Crippen molar-refractivity contribution in [2.24, 2.45) is 11.8 Å². The number of ether oxygens (including phenoxy) is 1. The topological polar surface area (TPSA) is 125 Å². The molecule has 5 rings (SSSR count). The summed E-state index contributed by atoms with van der Waals surface area (Å²) >= 11 is 0. The van der Waals surface area contributed by atoms with Crippen LogP contribution in [0.1, 0.15) is 19.4 Å². The number of hydrogen-bond acceptors (Lipinski definition) is 8. The van der Waals surface area contributed by atoms with Crippen LogP contribution in [-0.2, 0) is 34.4 Å². The van der Waals surface area contributed by atoms with E-state index in [2.05, 4.69) is 0 Å². The molecule has 1 unspecified atom stereocenters. The molecular formula is C32H35N2O8PSi. The van der Waals surface area contributed by atoms with Crippen LogP contribution in [0.15, 0.2) is 96.4 Å². The molecule has 44 heavy (non-hydrogen) atoms. The van der Waals surface area contributed by atoms with E-state index in [1.807, 2.05) is 45.6 Å². The zero-order chi connectivity index (χ0) is 31.8. The standard InChI is InChI=1S/C32H35N2O8PSi/c1-21-28-27(22(2)42-44(3,4)5)31(35)33(28)29(32(36)40-20-23-16-18-24(19-17-23)34(37)38)30(21)41-43(39,25-12-8-6-9-13-25)26-14-10-7-11-15-26/h6-19,21-22,27-28H,20H2,1-5H3/t21-,22?,27-,28-/m1/s1. The summed E-state index contributed by atoms with van der Waals surface area (Å²) in [5.74, 6) is -2.00. The predicted molar refractivity (Wildman–Crippen MR) is 168 cm³/mol. The molecule has 0 saturated carbocycles. The lowest BCUT2D eigenvalue weighted by Crippen LogP contribution is -2.64. The summed E-state index contributed by atoms with van der Waals surface area (Å²) in [5.41, 5.74) is 0.354. The van der Waals surface area contributed by atoms with Gasteiger partial charge in [0.25, 0.3) is 5.69 Å². The van der Waals surface area contributed by atoms with Gasteiger partial charge in [-0.15, -0.1) is 0 Å². The second-order valence-electron chi connectivity index (χ2n) is 12.0. The van der Waals surface area contributed by atoms with Crippen LogP contribution in [0.4, 0.5) is 5.69 Å². The second-order valence-corrected chi connectivity index (χ2v) is 18.8. The fourth-order valence-electron chi connectivity index (χ4n) is 5.82. The largest absolute Gasteiger partial charge is 0.456 e. The van der Waals surface area contributed by atoms with E-state index in [1.165, 1.54) is 29.2 Å². The first-order chi connectivity index (χ1) is 20.8. The van der Waals surface area contributed by atoms with Gasteiger partial charge in [0.05, 0.1) is 33.6 Å². The molecule has 1 fully saturated rings. The van der Waals surface area contributed by atoms with Crippen molar-refractivity contribution < 1.29 is 32.8 Å². The summed E-state index contributed by atoms with van der Waals surface area (Å²) in [6.45, 7) is 9.67. The van der Waals surface area contributed by atoms with Crippen molar-refractivity contribution in [1.29, 1.82) is 0 Å². The molecule has 3 aromatic rings. The average molecular weight is 635 g/mol. The number of fused-ring (bicyclic) bond motifs is 1. The van der Waals surface area contributed by atoms with Crippen LogP contribution in [0.25, 0.3) is 0 Å². The van der Waals surface area contributed by atoms with Crippen LogP contribution >= 0.6 is 7.37 Å². The number of carbonyl (C=O) groups excluding carboxylic acids is 2. The van der Waals surface area contributed by atoms with Crippen molar-refractivity contribution >= 4 is 43.9 Å². The summed E-state index contributed by atoms with van der Waals surface area (Å²) in [6, 6.07) is 22.7. The molecule has 10 nitrogen and oxygen atoms in total. The maximum atomic E-state index is 14.9. The summed E-state index contributed by atoms with van der Waals surface area (Å²) < 4.78 is 33.3. The van der Waals surface area contributed by atoms with Gasteiger partial charge in [0, 0.05) is 18.1 Å². The minimum Gasteiger partial charge on any atom is -0.456 e. The van der Waals surface area contributed by atoms with Gasteiger partial charge in [0.15, 0.2) is 14.0 Å². The lowest BCUT2D eigenvalue weighted by atomic mass is 9.79. The zero-order valence-electron chi connectivity index (χ0n) is 25.2. The molecule has 0 radical (unpaired) electrons. The van der Waals surface area contributed by atoms with Crippen LogP contribution in [0.3, 0.4) is 0 Å². The van der Waals surface area contributed by atoms with Crippen molar-refractivity contribution in [3.05, 3.63) is 112 Å². The highest BCUT2D eigenvalue weighted by molar-refractivity contribution is 7.74. The number of non-ortho nitro benzene ring substituents is 1. The van der Waals surface area contributed by atoms with E-state index in [1.54, 1.807) is 48.5 Å². The first-order valence-electron chi connectivity index (χ1n) is 14.4. The van der Waals surface area contributed by atoms with Gasteiger partial charge in [-0.05, 0) is 68.5 Å². The van der Waals surface area contributed by atoms with Crippen molar-refractivity contribution in [3.8, 4) is 0 Å². The number of amides is 1. The van der Waals surface area contributed by atoms with Gasteiger partial charge in [0.1, 0.15) is 12.4 Å². The molecule has 3 aromatic carbocycles. The van der Waals surface area contributed by atoms with E-state index in [0.29, 0.717) is 16.2 Å². The number of nitro groups is 1. The van der Waals surface area contributed by atoms with E-state index in [-0.39, 0.29) is 29.7 Å². The third-order valence-electron chi connectivity index (χ3n) is 7.76. The number of carbonyl (C=O) groups is 2. The van der Waals surface area contributed by atoms with E-state index in [0.717, 1.165) is 0 Å². The number of nitro benzene ring substituents is 1. The summed E-state index contributed by atoms with van der Waals surface area (Å²) in [5, 5.41) is 11.9. The SMILES string of the molecule is CC(O[Si](C)(C)C)[C@H]1C(=O)N2C(C(=O)OCc3ccc([N+](=O)[O-])cc3)=C(OP(=O)(c3ccccc3)c3ccccc3)[C@H](C)[C@H]12. The molecule has 230 valence electrons. The Morgan fingerprint density at radius 1 is 0.977 bits per heavy atom. The highest BCUT2D eigenvalue weighted by atomic mass is 31.2. The predicted octanol–water partition coefficient (Wildman–Crippen LogP) is 5.51. The molecule has 4 atom stereocenters. The molecule has 0 aliphatic carbocycles. The van der Waals surface area contributed by atoms with Crippen molar-refractivity contribution in [2.75, 3.05) is 0 Å². The average Bonchev–Trinajstić information content (AvgIpc) is 3.23. The quantitative estimate of drug-likeness (QED) is 0.0675. The Bertz CT molecular complexity index is 1600. The van der Waals surface area contributed by atoms with E-state index in [9.17, 15) is 24.3 Å². The fraction of sp³-hybridized carbons (Fsp3) is 0.312. The number of β-lactam (4-membered cyclic amide) rings is 1. The van der Waals surface area contributed by atoms with E-state index < -0.39 is 50.6 Å². The molecule has 1 saturated heterocycles. The van der Waals surface area contributed by atoms with Crippen LogP contribution in [-0.4, -0.2) is 42.2 Å². The molecule has 2 aliphatic heterocycles. The molecule has 2 aliphatic rings. The number of nitrogens with zero attached hydrogens (tertiary/aromatic N) is 2.